The molecule has 0 saturated heterocycles. The fraction of sp³-hybridized carbons (Fsp3) is 0.150. The second kappa shape index (κ2) is 10.1. The molecular formula is C20H19BrClN5O2S. The first-order valence-electron chi connectivity index (χ1n) is 8.90. The van der Waals surface area contributed by atoms with Gasteiger partial charge in [0.2, 0.25) is 11.8 Å². The molecule has 0 bridgehead atoms. The molecule has 2 heterocycles. The average Bonchev–Trinajstić information content (AvgIpc) is 3.36. The van der Waals surface area contributed by atoms with Crippen LogP contribution >= 0.6 is 40.1 Å². The number of anilines is 1. The Kier molecular flexibility index (Phi) is 7.54. The van der Waals surface area contributed by atoms with E-state index in [1.165, 1.54) is 11.8 Å². The molecule has 0 fully saturated rings. The summed E-state index contributed by atoms with van der Waals surface area (Å²) in [5.41, 5.74) is 9.14. The minimum absolute atomic E-state index is 0. The summed E-state index contributed by atoms with van der Waals surface area (Å²) in [4.78, 5) is 15.3. The van der Waals surface area contributed by atoms with E-state index in [1.54, 1.807) is 0 Å². The first-order chi connectivity index (χ1) is 14.1. The third-order valence-electron chi connectivity index (χ3n) is 4.31. The minimum Gasteiger partial charge on any atom is -0.414 e. The number of thioether (sulfide) groups is 1. The van der Waals surface area contributed by atoms with Crippen LogP contribution in [0.1, 0.15) is 17.5 Å². The van der Waals surface area contributed by atoms with Gasteiger partial charge in [0.1, 0.15) is 0 Å². The summed E-state index contributed by atoms with van der Waals surface area (Å²) in [6.45, 7) is 0. The van der Waals surface area contributed by atoms with Crippen molar-refractivity contribution in [2.75, 3.05) is 11.1 Å². The van der Waals surface area contributed by atoms with Crippen molar-refractivity contribution in [1.29, 1.82) is 0 Å². The van der Waals surface area contributed by atoms with E-state index in [9.17, 15) is 4.79 Å². The highest BCUT2D eigenvalue weighted by Crippen LogP contribution is 2.25. The summed E-state index contributed by atoms with van der Waals surface area (Å²) >= 11 is 4.54. The van der Waals surface area contributed by atoms with Gasteiger partial charge in [0, 0.05) is 27.3 Å². The van der Waals surface area contributed by atoms with Crippen molar-refractivity contribution in [1.82, 2.24) is 15.2 Å². The van der Waals surface area contributed by atoms with Crippen LogP contribution in [0, 0.1) is 0 Å². The maximum absolute atomic E-state index is 12.1. The smallest absolute Gasteiger partial charge is 0.277 e. The molecule has 4 aromatic rings. The number of para-hydroxylation sites is 1. The van der Waals surface area contributed by atoms with Crippen molar-refractivity contribution in [2.45, 2.75) is 17.7 Å². The van der Waals surface area contributed by atoms with Crippen molar-refractivity contribution in [2.24, 2.45) is 5.73 Å². The van der Waals surface area contributed by atoms with E-state index in [0.29, 0.717) is 17.5 Å². The van der Waals surface area contributed by atoms with Crippen molar-refractivity contribution in [3.8, 4) is 0 Å². The molecule has 4 rings (SSSR count). The number of hydrogen-bond acceptors (Lipinski definition) is 6. The van der Waals surface area contributed by atoms with Crippen LogP contribution < -0.4 is 11.1 Å². The summed E-state index contributed by atoms with van der Waals surface area (Å²) in [6.07, 6.45) is 2.52. The number of fused-ring (bicyclic) bond motifs is 1. The van der Waals surface area contributed by atoms with Gasteiger partial charge in [0.25, 0.3) is 5.22 Å². The van der Waals surface area contributed by atoms with E-state index in [1.807, 2.05) is 54.7 Å². The second-order valence-electron chi connectivity index (χ2n) is 6.42. The van der Waals surface area contributed by atoms with E-state index in [4.69, 9.17) is 10.2 Å². The van der Waals surface area contributed by atoms with E-state index < -0.39 is 6.04 Å². The maximum atomic E-state index is 12.1. The number of nitrogens with two attached hydrogens (primary N) is 1. The lowest BCUT2D eigenvalue weighted by Gasteiger charge is -2.06. The molecule has 2 aromatic heterocycles. The Bertz CT molecular complexity index is 1130. The summed E-state index contributed by atoms with van der Waals surface area (Å²) in [5, 5.41) is 12.3. The van der Waals surface area contributed by atoms with Crippen LogP contribution in [-0.4, -0.2) is 26.8 Å². The largest absolute Gasteiger partial charge is 0.414 e. The third-order valence-corrected chi connectivity index (χ3v) is 5.66. The van der Waals surface area contributed by atoms with Crippen molar-refractivity contribution in [3.05, 3.63) is 70.7 Å². The molecule has 1 atom stereocenters. The van der Waals surface area contributed by atoms with Crippen LogP contribution in [0.4, 0.5) is 5.69 Å². The molecule has 4 N–H and O–H groups in total. The lowest BCUT2D eigenvalue weighted by molar-refractivity contribution is -0.113. The predicted molar refractivity (Wildman–Crippen MR) is 124 cm³/mol. The third kappa shape index (κ3) is 5.42. The molecule has 0 aliphatic rings. The molecule has 2 aromatic carbocycles. The topological polar surface area (TPSA) is 110 Å². The Balaban J connectivity index is 0.00000256. The molecule has 156 valence electrons. The molecule has 0 aliphatic heterocycles. The number of rotatable bonds is 7. The number of benzene rings is 2. The van der Waals surface area contributed by atoms with Crippen molar-refractivity contribution < 1.29 is 9.21 Å². The van der Waals surface area contributed by atoms with Gasteiger partial charge in [-0.15, -0.1) is 22.6 Å². The maximum Gasteiger partial charge on any atom is 0.277 e. The van der Waals surface area contributed by atoms with Crippen molar-refractivity contribution >= 4 is 62.6 Å². The number of aromatic amines is 1. The molecular weight excluding hydrogens is 490 g/mol. The normalized spacial score (nSPS) is 11.8. The van der Waals surface area contributed by atoms with E-state index in [2.05, 4.69) is 36.4 Å². The van der Waals surface area contributed by atoms with Crippen LogP contribution in [0.25, 0.3) is 10.9 Å². The first-order valence-corrected chi connectivity index (χ1v) is 10.7. The number of halogens is 2. The Morgan fingerprint density at radius 2 is 1.97 bits per heavy atom. The molecule has 0 unspecified atom stereocenters. The fourth-order valence-electron chi connectivity index (χ4n) is 2.91. The summed E-state index contributed by atoms with van der Waals surface area (Å²) in [6, 6.07) is 15.0. The molecule has 30 heavy (non-hydrogen) atoms. The van der Waals surface area contributed by atoms with E-state index in [-0.39, 0.29) is 24.1 Å². The minimum atomic E-state index is -0.423. The lowest BCUT2D eigenvalue weighted by atomic mass is 10.1. The van der Waals surface area contributed by atoms with Crippen LogP contribution in [0.5, 0.6) is 0 Å². The zero-order valence-electron chi connectivity index (χ0n) is 15.7. The number of H-pyrrole nitrogens is 1. The molecule has 0 spiro atoms. The first kappa shape index (κ1) is 22.4. The summed E-state index contributed by atoms with van der Waals surface area (Å²) in [7, 11) is 0. The van der Waals surface area contributed by atoms with Crippen LogP contribution in [-0.2, 0) is 11.2 Å². The summed E-state index contributed by atoms with van der Waals surface area (Å²) in [5.74, 6) is 0.362. The van der Waals surface area contributed by atoms with Gasteiger partial charge < -0.3 is 20.5 Å². The quantitative estimate of drug-likeness (QED) is 0.312. The number of amides is 1. The summed E-state index contributed by atoms with van der Waals surface area (Å²) < 4.78 is 6.59. The highest BCUT2D eigenvalue weighted by atomic mass is 79.9. The van der Waals surface area contributed by atoms with Gasteiger partial charge in [-0.2, -0.15) is 0 Å². The SMILES string of the molecule is Cl.N[C@@H](Cc1c[nH]c2ccccc12)c1nnc(SCC(=O)Nc2ccc(Br)cc2)o1. The highest BCUT2D eigenvalue weighted by Gasteiger charge is 2.18. The highest BCUT2D eigenvalue weighted by molar-refractivity contribution is 9.10. The predicted octanol–water partition coefficient (Wildman–Crippen LogP) is 4.71. The Morgan fingerprint density at radius 1 is 1.20 bits per heavy atom. The van der Waals surface area contributed by atoms with Crippen LogP contribution in [0.2, 0.25) is 0 Å². The molecule has 1 amide bonds. The van der Waals surface area contributed by atoms with E-state index in [0.717, 1.165) is 26.6 Å². The monoisotopic (exact) mass is 507 g/mol. The van der Waals surface area contributed by atoms with Gasteiger partial charge in [-0.05, 0) is 42.3 Å². The lowest BCUT2D eigenvalue weighted by Crippen LogP contribution is -2.14. The van der Waals surface area contributed by atoms with Gasteiger partial charge in [-0.1, -0.05) is 45.9 Å². The van der Waals surface area contributed by atoms with Gasteiger partial charge in [-0.3, -0.25) is 4.79 Å². The van der Waals surface area contributed by atoms with E-state index >= 15 is 0 Å². The van der Waals surface area contributed by atoms with Gasteiger partial charge in [0.05, 0.1) is 11.8 Å². The van der Waals surface area contributed by atoms with Crippen molar-refractivity contribution in [3.63, 3.8) is 0 Å². The van der Waals surface area contributed by atoms with Gasteiger partial charge >= 0.3 is 0 Å². The fourth-order valence-corrected chi connectivity index (χ4v) is 3.74. The zero-order chi connectivity index (χ0) is 20.2. The number of carbonyl (C=O) groups excluding carboxylic acids is 1. The molecule has 10 heteroatoms. The number of aromatic nitrogens is 3. The number of nitrogens with zero attached hydrogens (tertiary/aromatic N) is 2. The number of carbonyl (C=O) groups is 1. The van der Waals surface area contributed by atoms with Gasteiger partial charge in [0.15, 0.2) is 0 Å². The molecule has 0 saturated carbocycles. The standard InChI is InChI=1S/C20H18BrN5O2S.ClH/c21-13-5-7-14(8-6-13)24-18(27)11-29-20-26-25-19(28-20)16(22)9-12-10-23-17-4-2-1-3-15(12)17;/h1-8,10,16,23H,9,11,22H2,(H,24,27);1H/t16-;/m0./s1. The number of hydrogen-bond donors (Lipinski definition) is 3. The number of nitrogens with one attached hydrogen (secondary N) is 2. The average molecular weight is 509 g/mol. The molecule has 0 aliphatic carbocycles. The Hall–Kier alpha value is -2.33. The zero-order valence-corrected chi connectivity index (χ0v) is 18.9. The van der Waals surface area contributed by atoms with Crippen LogP contribution in [0.15, 0.2) is 68.8 Å². The molecule has 0 radical (unpaired) electrons. The van der Waals surface area contributed by atoms with Gasteiger partial charge in [-0.25, -0.2) is 0 Å². The molecule has 7 nitrogen and oxygen atoms in total. The van der Waals surface area contributed by atoms with Crippen LogP contribution in [0.3, 0.4) is 0 Å². The Morgan fingerprint density at radius 3 is 2.77 bits per heavy atom. The Labute approximate surface area is 191 Å². The second-order valence-corrected chi connectivity index (χ2v) is 8.26.